The van der Waals surface area contributed by atoms with Crippen molar-refractivity contribution in [2.24, 2.45) is 0 Å². The lowest BCUT2D eigenvalue weighted by molar-refractivity contribution is 0.0891. The Hall–Kier alpha value is -2.21. The van der Waals surface area contributed by atoms with E-state index in [1.165, 1.54) is 21.2 Å². The highest BCUT2D eigenvalue weighted by atomic mass is 35.5. The summed E-state index contributed by atoms with van der Waals surface area (Å²) in [5, 5.41) is 14.2. The molecule has 1 aliphatic heterocycles. The van der Waals surface area contributed by atoms with Crippen LogP contribution in [0.15, 0.2) is 90.3 Å². The zero-order valence-corrected chi connectivity index (χ0v) is 20.3. The van der Waals surface area contributed by atoms with E-state index in [1.807, 2.05) is 0 Å². The lowest BCUT2D eigenvalue weighted by Gasteiger charge is -2.40. The summed E-state index contributed by atoms with van der Waals surface area (Å²) >= 11 is 1.72. The van der Waals surface area contributed by atoms with Crippen molar-refractivity contribution in [3.63, 3.8) is 0 Å². The minimum absolute atomic E-state index is 0. The molecule has 172 valence electrons. The lowest BCUT2D eigenvalue weighted by atomic mass is 9.96. The Morgan fingerprint density at radius 3 is 1.97 bits per heavy atom. The van der Waals surface area contributed by atoms with Gasteiger partial charge in [-0.15, -0.1) is 23.7 Å². The zero-order valence-electron chi connectivity index (χ0n) is 18.7. The molecule has 1 aromatic heterocycles. The molecular weight excluding hydrogens is 448 g/mol. The molecule has 0 radical (unpaired) electrons. The van der Waals surface area contributed by atoms with E-state index in [9.17, 15) is 5.11 Å². The maximum absolute atomic E-state index is 10.8. The Balaban J connectivity index is 0.00000259. The predicted octanol–water partition coefficient (Wildman–Crippen LogP) is 6.15. The molecule has 1 fully saturated rings. The van der Waals surface area contributed by atoms with E-state index in [4.69, 9.17) is 0 Å². The number of fused-ring (bicyclic) bond motifs is 1. The number of halogens is 1. The van der Waals surface area contributed by atoms with Gasteiger partial charge in [-0.25, -0.2) is 0 Å². The summed E-state index contributed by atoms with van der Waals surface area (Å²) in [5.74, 6) is 0. The number of thiophene rings is 1. The molecule has 33 heavy (non-hydrogen) atoms. The molecule has 4 aromatic rings. The number of aliphatic hydroxyl groups is 1. The van der Waals surface area contributed by atoms with Crippen LogP contribution in [0.1, 0.15) is 35.3 Å². The van der Waals surface area contributed by atoms with Gasteiger partial charge in [0.05, 0.1) is 12.1 Å². The van der Waals surface area contributed by atoms with Crippen LogP contribution in [-0.2, 0) is 0 Å². The van der Waals surface area contributed by atoms with Gasteiger partial charge in [-0.1, -0.05) is 78.9 Å². The summed E-state index contributed by atoms with van der Waals surface area (Å²) in [4.78, 5) is 5.10. The number of piperazine rings is 1. The molecule has 1 saturated heterocycles. The molecule has 3 nitrogen and oxygen atoms in total. The number of hydrogen-bond donors (Lipinski definition) is 1. The second-order valence-electron chi connectivity index (χ2n) is 8.59. The van der Waals surface area contributed by atoms with Crippen molar-refractivity contribution in [2.45, 2.75) is 18.6 Å². The number of rotatable bonds is 7. The van der Waals surface area contributed by atoms with Gasteiger partial charge in [-0.05, 0) is 39.9 Å². The van der Waals surface area contributed by atoms with Crippen LogP contribution in [0, 0.1) is 0 Å². The third-order valence-electron chi connectivity index (χ3n) is 6.59. The Kier molecular flexibility index (Phi) is 8.18. The first kappa shape index (κ1) is 23.9. The van der Waals surface area contributed by atoms with Gasteiger partial charge in [0, 0.05) is 37.4 Å². The minimum Gasteiger partial charge on any atom is -0.388 e. The molecule has 1 unspecified atom stereocenters. The Morgan fingerprint density at radius 1 is 0.758 bits per heavy atom. The van der Waals surface area contributed by atoms with Gasteiger partial charge in [0.25, 0.3) is 0 Å². The molecule has 0 bridgehead atoms. The van der Waals surface area contributed by atoms with Crippen LogP contribution in [0.5, 0.6) is 0 Å². The van der Waals surface area contributed by atoms with Gasteiger partial charge in [-0.3, -0.25) is 4.90 Å². The van der Waals surface area contributed by atoms with Crippen LogP contribution in [0.4, 0.5) is 0 Å². The summed E-state index contributed by atoms with van der Waals surface area (Å²) in [6.07, 6.45) is 0.382. The Labute approximate surface area is 206 Å². The van der Waals surface area contributed by atoms with E-state index >= 15 is 0 Å². The van der Waals surface area contributed by atoms with Crippen LogP contribution >= 0.6 is 23.7 Å². The summed E-state index contributed by atoms with van der Waals surface area (Å²) in [7, 11) is 0. The maximum atomic E-state index is 10.8. The normalized spacial score (nSPS) is 16.1. The van der Waals surface area contributed by atoms with E-state index in [2.05, 4.69) is 100 Å². The van der Waals surface area contributed by atoms with E-state index < -0.39 is 6.10 Å². The van der Waals surface area contributed by atoms with Crippen LogP contribution in [-0.4, -0.2) is 47.6 Å². The Morgan fingerprint density at radius 2 is 1.33 bits per heavy atom. The third kappa shape index (κ3) is 5.48. The first-order valence-corrected chi connectivity index (χ1v) is 12.4. The van der Waals surface area contributed by atoms with Gasteiger partial charge in [-0.2, -0.15) is 0 Å². The molecule has 5 heteroatoms. The SMILES string of the molecule is Cl.OC(CCN1CCN(C(c2ccccc2)c2ccccc2)CC1)c1csc2ccccc12. The molecule has 1 atom stereocenters. The zero-order chi connectivity index (χ0) is 21.8. The van der Waals surface area contributed by atoms with Crippen molar-refractivity contribution in [1.82, 2.24) is 9.80 Å². The fourth-order valence-electron chi connectivity index (χ4n) is 4.85. The highest BCUT2D eigenvalue weighted by Crippen LogP contribution is 2.32. The number of hydrogen-bond acceptors (Lipinski definition) is 4. The quantitative estimate of drug-likeness (QED) is 0.345. The van der Waals surface area contributed by atoms with Gasteiger partial charge in [0.1, 0.15) is 0 Å². The van der Waals surface area contributed by atoms with Crippen LogP contribution < -0.4 is 0 Å². The smallest absolute Gasteiger partial charge is 0.0816 e. The molecule has 1 N–H and O–H groups in total. The molecule has 0 amide bonds. The van der Waals surface area contributed by atoms with E-state index in [-0.39, 0.29) is 12.4 Å². The molecule has 5 rings (SSSR count). The first-order chi connectivity index (χ1) is 15.8. The highest BCUT2D eigenvalue weighted by molar-refractivity contribution is 7.17. The summed E-state index contributed by atoms with van der Waals surface area (Å²) < 4.78 is 1.25. The van der Waals surface area contributed by atoms with Crippen LogP contribution in [0.2, 0.25) is 0 Å². The topological polar surface area (TPSA) is 26.7 Å². The second-order valence-corrected chi connectivity index (χ2v) is 9.50. The lowest BCUT2D eigenvalue weighted by Crippen LogP contribution is -2.48. The first-order valence-electron chi connectivity index (χ1n) is 11.5. The molecule has 3 aromatic carbocycles. The standard InChI is InChI=1S/C28H30N2OS.ClH/c31-26(25-21-32-27-14-8-7-13-24(25)27)15-16-29-17-19-30(20-18-29)28(22-9-3-1-4-10-22)23-11-5-2-6-12-23;/h1-14,21,26,28,31H,15-20H2;1H. The predicted molar refractivity (Wildman–Crippen MR) is 141 cm³/mol. The average molecular weight is 479 g/mol. The minimum atomic E-state index is -0.398. The van der Waals surface area contributed by atoms with Gasteiger partial charge < -0.3 is 10.0 Å². The van der Waals surface area contributed by atoms with E-state index in [0.29, 0.717) is 6.04 Å². The molecule has 2 heterocycles. The average Bonchev–Trinajstić information content (AvgIpc) is 3.29. The highest BCUT2D eigenvalue weighted by Gasteiger charge is 2.26. The molecule has 1 aliphatic rings. The van der Waals surface area contributed by atoms with Crippen molar-refractivity contribution in [2.75, 3.05) is 32.7 Å². The summed E-state index contributed by atoms with van der Waals surface area (Å²) in [6, 6.07) is 30.4. The molecule has 0 aliphatic carbocycles. The Bertz CT molecular complexity index is 1090. The van der Waals surface area contributed by atoms with Gasteiger partial charge >= 0.3 is 0 Å². The number of aliphatic hydroxyl groups excluding tert-OH is 1. The monoisotopic (exact) mass is 478 g/mol. The van der Waals surface area contributed by atoms with Crippen molar-refractivity contribution in [3.05, 3.63) is 107 Å². The largest absolute Gasteiger partial charge is 0.388 e. The van der Waals surface area contributed by atoms with Crippen LogP contribution in [0.3, 0.4) is 0 Å². The second kappa shape index (κ2) is 11.3. The summed E-state index contributed by atoms with van der Waals surface area (Å²) in [5.41, 5.74) is 3.79. The number of nitrogens with zero attached hydrogens (tertiary/aromatic N) is 2. The summed E-state index contributed by atoms with van der Waals surface area (Å²) in [6.45, 7) is 5.07. The van der Waals surface area contributed by atoms with Crippen LogP contribution in [0.25, 0.3) is 10.1 Å². The van der Waals surface area contributed by atoms with Crippen molar-refractivity contribution in [3.8, 4) is 0 Å². The van der Waals surface area contributed by atoms with Crippen molar-refractivity contribution >= 4 is 33.8 Å². The van der Waals surface area contributed by atoms with Gasteiger partial charge in [0.15, 0.2) is 0 Å². The third-order valence-corrected chi connectivity index (χ3v) is 7.57. The number of benzene rings is 3. The molecule has 0 spiro atoms. The fourth-order valence-corrected chi connectivity index (χ4v) is 5.85. The maximum Gasteiger partial charge on any atom is 0.0816 e. The van der Waals surface area contributed by atoms with E-state index in [0.717, 1.165) is 44.7 Å². The molecule has 0 saturated carbocycles. The van der Waals surface area contributed by atoms with Gasteiger partial charge in [0.2, 0.25) is 0 Å². The fraction of sp³-hybridized carbons (Fsp3) is 0.286. The van der Waals surface area contributed by atoms with E-state index in [1.54, 1.807) is 11.3 Å². The molecular formula is C28H31ClN2OS. The van der Waals surface area contributed by atoms with Crippen molar-refractivity contribution < 1.29 is 5.11 Å². The van der Waals surface area contributed by atoms with Crippen molar-refractivity contribution in [1.29, 1.82) is 0 Å².